The highest BCUT2D eigenvalue weighted by atomic mass is 15.1. The van der Waals surface area contributed by atoms with E-state index in [2.05, 4.69) is 187 Å². The lowest BCUT2D eigenvalue weighted by Crippen LogP contribution is -1.98. The number of hydrogen-bond acceptors (Lipinski definition) is 1. The minimum Gasteiger partial charge on any atom is -0.294 e. The van der Waals surface area contributed by atoms with Crippen LogP contribution in [0.15, 0.2) is 182 Å². The first kappa shape index (κ1) is 27.6. The molecule has 0 unspecified atom stereocenters. The van der Waals surface area contributed by atoms with Crippen molar-refractivity contribution in [2.45, 2.75) is 0 Å². The van der Waals surface area contributed by atoms with Gasteiger partial charge < -0.3 is 0 Å². The summed E-state index contributed by atoms with van der Waals surface area (Å²) in [6, 6.07) is 65.5. The third-order valence-electron chi connectivity index (χ3n) is 10.00. The lowest BCUT2D eigenvalue weighted by atomic mass is 9.91. The molecule has 228 valence electrons. The molecule has 2 heterocycles. The summed E-state index contributed by atoms with van der Waals surface area (Å²) in [5, 5.41) is 10.3. The van der Waals surface area contributed by atoms with Gasteiger partial charge in [0.15, 0.2) is 0 Å². The largest absolute Gasteiger partial charge is 0.294 e. The maximum Gasteiger partial charge on any atom is 0.138 e. The molecule has 0 N–H and O–H groups in total. The maximum absolute atomic E-state index is 5.20. The maximum atomic E-state index is 5.20. The van der Waals surface area contributed by atoms with Crippen LogP contribution in [0.25, 0.3) is 93.5 Å². The molecule has 2 aromatic heterocycles. The number of pyridine rings is 1. The van der Waals surface area contributed by atoms with Crippen LogP contribution in [0, 0.1) is 0 Å². The molecule has 0 aliphatic carbocycles. The van der Waals surface area contributed by atoms with Gasteiger partial charge in [0, 0.05) is 16.3 Å². The molecule has 0 saturated carbocycles. The summed E-state index contributed by atoms with van der Waals surface area (Å²) in [4.78, 5) is 5.20. The molecular formula is C47H30N2. The van der Waals surface area contributed by atoms with E-state index in [0.29, 0.717) is 0 Å². The van der Waals surface area contributed by atoms with Gasteiger partial charge in [-0.05, 0) is 91.0 Å². The third-order valence-corrected chi connectivity index (χ3v) is 10.00. The average molecular weight is 623 g/mol. The lowest BCUT2D eigenvalue weighted by Gasteiger charge is -2.12. The van der Waals surface area contributed by atoms with E-state index in [0.717, 1.165) is 28.1 Å². The van der Waals surface area contributed by atoms with E-state index in [1.165, 1.54) is 65.3 Å². The van der Waals surface area contributed by atoms with Crippen molar-refractivity contribution in [3.63, 3.8) is 0 Å². The molecular weight excluding hydrogens is 593 g/mol. The number of fused-ring (bicyclic) bond motifs is 9. The van der Waals surface area contributed by atoms with E-state index in [-0.39, 0.29) is 0 Å². The fourth-order valence-corrected chi connectivity index (χ4v) is 7.68. The van der Waals surface area contributed by atoms with Crippen LogP contribution in [0.1, 0.15) is 0 Å². The van der Waals surface area contributed by atoms with Crippen molar-refractivity contribution in [2.75, 3.05) is 0 Å². The molecule has 2 nitrogen and oxygen atoms in total. The highest BCUT2D eigenvalue weighted by molar-refractivity contribution is 6.25. The molecule has 8 aromatic carbocycles. The van der Waals surface area contributed by atoms with Crippen LogP contribution in [0.2, 0.25) is 0 Å². The van der Waals surface area contributed by atoms with Gasteiger partial charge in [0.05, 0.1) is 16.7 Å². The zero-order chi connectivity index (χ0) is 32.3. The molecule has 0 aliphatic heterocycles. The van der Waals surface area contributed by atoms with E-state index < -0.39 is 0 Å². The van der Waals surface area contributed by atoms with Crippen LogP contribution in [0.5, 0.6) is 0 Å². The van der Waals surface area contributed by atoms with Crippen molar-refractivity contribution in [1.82, 2.24) is 9.55 Å². The van der Waals surface area contributed by atoms with Crippen molar-refractivity contribution in [1.29, 1.82) is 0 Å². The van der Waals surface area contributed by atoms with Gasteiger partial charge in [-0.3, -0.25) is 4.57 Å². The van der Waals surface area contributed by atoms with Gasteiger partial charge in [-0.2, -0.15) is 0 Å². The van der Waals surface area contributed by atoms with Gasteiger partial charge >= 0.3 is 0 Å². The molecule has 0 aliphatic rings. The second-order valence-electron chi connectivity index (χ2n) is 12.8. The number of rotatable bonds is 4. The van der Waals surface area contributed by atoms with Crippen molar-refractivity contribution in [2.24, 2.45) is 0 Å². The Labute approximate surface area is 284 Å². The molecule has 0 spiro atoms. The molecule has 0 saturated heterocycles. The first-order valence-electron chi connectivity index (χ1n) is 16.8. The number of para-hydroxylation sites is 2. The summed E-state index contributed by atoms with van der Waals surface area (Å²) in [5.74, 6) is 0.917. The lowest BCUT2D eigenvalue weighted by molar-refractivity contribution is 1.08. The smallest absolute Gasteiger partial charge is 0.138 e. The fraction of sp³-hybridized carbons (Fsp3) is 0. The van der Waals surface area contributed by atoms with Crippen LogP contribution in [0.3, 0.4) is 0 Å². The van der Waals surface area contributed by atoms with Crippen LogP contribution in [-0.2, 0) is 0 Å². The first-order valence-corrected chi connectivity index (χ1v) is 16.8. The zero-order valence-electron chi connectivity index (χ0n) is 26.7. The van der Waals surface area contributed by atoms with Crippen molar-refractivity contribution >= 4 is 54.1 Å². The van der Waals surface area contributed by atoms with Crippen molar-refractivity contribution in [3.8, 4) is 39.3 Å². The van der Waals surface area contributed by atoms with Gasteiger partial charge in [-0.25, -0.2) is 4.98 Å². The summed E-state index contributed by atoms with van der Waals surface area (Å²) < 4.78 is 2.27. The second-order valence-corrected chi connectivity index (χ2v) is 12.8. The number of aromatic nitrogens is 2. The molecule has 2 heteroatoms. The molecule has 0 atom stereocenters. The summed E-state index contributed by atoms with van der Waals surface area (Å²) in [6.45, 7) is 0. The van der Waals surface area contributed by atoms with Gasteiger partial charge in [-0.1, -0.05) is 146 Å². The summed E-state index contributed by atoms with van der Waals surface area (Å²) in [7, 11) is 0. The molecule has 0 fully saturated rings. The van der Waals surface area contributed by atoms with Crippen LogP contribution < -0.4 is 0 Å². The Morgan fingerprint density at radius 1 is 0.286 bits per heavy atom. The quantitative estimate of drug-likeness (QED) is 0.179. The van der Waals surface area contributed by atoms with Crippen LogP contribution >= 0.6 is 0 Å². The molecule has 10 aromatic rings. The Balaban J connectivity index is 1.01. The SMILES string of the molecule is c1cc(-c2ccc(-c3ccc4c5ccccc5c5ccccc5c4c3)cc2)cc(-c2cccc(-n3c4ccccc4c4ccccc43)n2)c1. The highest BCUT2D eigenvalue weighted by Gasteiger charge is 2.14. The predicted molar refractivity (Wildman–Crippen MR) is 207 cm³/mol. The normalized spacial score (nSPS) is 11.7. The zero-order valence-corrected chi connectivity index (χ0v) is 26.7. The van der Waals surface area contributed by atoms with E-state index in [9.17, 15) is 0 Å². The minimum atomic E-state index is 0.917. The molecule has 49 heavy (non-hydrogen) atoms. The third kappa shape index (κ3) is 4.46. The fourth-order valence-electron chi connectivity index (χ4n) is 7.68. The van der Waals surface area contributed by atoms with E-state index in [1.54, 1.807) is 0 Å². The first-order chi connectivity index (χ1) is 24.3. The van der Waals surface area contributed by atoms with E-state index in [1.807, 2.05) is 0 Å². The highest BCUT2D eigenvalue weighted by Crippen LogP contribution is 2.38. The van der Waals surface area contributed by atoms with E-state index in [4.69, 9.17) is 4.98 Å². The Bertz CT molecular complexity index is 2790. The standard InChI is InChI=1S/C47H30N2/c1-2-15-38-36(13-1)37-14-3-4-16-39(37)43-30-34(27-28-40(38)43)32-25-23-31(24-26-32)33-11-9-12-35(29-33)44-19-10-22-47(48-44)49-45-20-7-5-17-41(45)42-18-6-8-21-46(42)49/h1-30H. The van der Waals surface area contributed by atoms with Gasteiger partial charge in [0.1, 0.15) is 5.82 Å². The minimum absolute atomic E-state index is 0.917. The monoisotopic (exact) mass is 622 g/mol. The predicted octanol–water partition coefficient (Wildman–Crippen LogP) is 12.6. The Morgan fingerprint density at radius 2 is 0.735 bits per heavy atom. The Hall–Kier alpha value is -6.51. The van der Waals surface area contributed by atoms with E-state index >= 15 is 0 Å². The number of nitrogens with zero attached hydrogens (tertiary/aromatic N) is 2. The van der Waals surface area contributed by atoms with Gasteiger partial charge in [0.25, 0.3) is 0 Å². The summed E-state index contributed by atoms with van der Waals surface area (Å²) >= 11 is 0. The summed E-state index contributed by atoms with van der Waals surface area (Å²) in [5.41, 5.74) is 9.15. The van der Waals surface area contributed by atoms with Gasteiger partial charge in [-0.15, -0.1) is 0 Å². The topological polar surface area (TPSA) is 17.8 Å². The van der Waals surface area contributed by atoms with Crippen molar-refractivity contribution in [3.05, 3.63) is 182 Å². The second kappa shape index (κ2) is 11.0. The average Bonchev–Trinajstić information content (AvgIpc) is 3.52. The van der Waals surface area contributed by atoms with Crippen molar-refractivity contribution < 1.29 is 0 Å². The molecule has 0 bridgehead atoms. The molecule has 0 amide bonds. The Morgan fingerprint density at radius 3 is 1.35 bits per heavy atom. The van der Waals surface area contributed by atoms with Gasteiger partial charge in [0.2, 0.25) is 0 Å². The number of benzene rings is 8. The molecule has 10 rings (SSSR count). The summed E-state index contributed by atoms with van der Waals surface area (Å²) in [6.07, 6.45) is 0. The Kier molecular flexibility index (Phi) is 6.22. The number of hydrogen-bond donors (Lipinski definition) is 0. The van der Waals surface area contributed by atoms with Crippen LogP contribution in [-0.4, -0.2) is 9.55 Å². The molecule has 0 radical (unpaired) electrons. The van der Waals surface area contributed by atoms with Crippen LogP contribution in [0.4, 0.5) is 0 Å².